The highest BCUT2D eigenvalue weighted by Gasteiger charge is 2.30. The Labute approximate surface area is 127 Å². The lowest BCUT2D eigenvalue weighted by atomic mass is 9.85. The number of nitrogens with zero attached hydrogens (tertiary/aromatic N) is 3. The van der Waals surface area contributed by atoms with Gasteiger partial charge in [0.25, 0.3) is 5.56 Å². The molecule has 21 heavy (non-hydrogen) atoms. The number of hydrogen-bond acceptors (Lipinski definition) is 5. The second kappa shape index (κ2) is 6.44. The van der Waals surface area contributed by atoms with Crippen LogP contribution < -0.4 is 11.3 Å². The molecule has 0 atom stereocenters. The molecule has 1 heterocycles. The normalized spacial score (nSPS) is 22.0. The molecule has 0 bridgehead atoms. The second-order valence-electron chi connectivity index (χ2n) is 5.19. The number of hydroxylamine groups is 2. The number of nitrogen functional groups attached to an aromatic ring is 1. The van der Waals surface area contributed by atoms with E-state index in [2.05, 4.69) is 5.10 Å². The first kappa shape index (κ1) is 15.8. The Morgan fingerprint density at radius 1 is 1.48 bits per heavy atom. The predicted octanol–water partition coefficient (Wildman–Crippen LogP) is 1.23. The van der Waals surface area contributed by atoms with E-state index in [0.29, 0.717) is 25.7 Å². The van der Waals surface area contributed by atoms with Crippen molar-refractivity contribution in [1.82, 2.24) is 14.8 Å². The molecule has 1 aromatic rings. The third-order valence-electron chi connectivity index (χ3n) is 3.95. The van der Waals surface area contributed by atoms with E-state index in [-0.39, 0.29) is 34.1 Å². The zero-order valence-corrected chi connectivity index (χ0v) is 12.8. The molecule has 0 unspecified atom stereocenters. The lowest BCUT2D eigenvalue weighted by Gasteiger charge is -2.30. The Kier molecular flexibility index (Phi) is 4.84. The van der Waals surface area contributed by atoms with Crippen LogP contribution in [0.3, 0.4) is 0 Å². The summed E-state index contributed by atoms with van der Waals surface area (Å²) in [6.45, 7) is 0. The number of hydrogen-bond donors (Lipinski definition) is 1. The minimum Gasteiger partial charge on any atom is -0.396 e. The Bertz CT molecular complexity index is 581. The summed E-state index contributed by atoms with van der Waals surface area (Å²) in [5.41, 5.74) is 5.37. The Morgan fingerprint density at radius 2 is 2.10 bits per heavy atom. The third-order valence-corrected chi connectivity index (χ3v) is 4.33. The van der Waals surface area contributed by atoms with Crippen LogP contribution in [0.5, 0.6) is 0 Å². The lowest BCUT2D eigenvalue weighted by Crippen LogP contribution is -2.36. The number of halogens is 1. The SMILES string of the molecule is CON(C)C(=O)C1CCC(n2ncc(N)c(Cl)c2=O)CC1. The summed E-state index contributed by atoms with van der Waals surface area (Å²) in [7, 11) is 3.06. The molecule has 0 saturated heterocycles. The van der Waals surface area contributed by atoms with Gasteiger partial charge < -0.3 is 5.73 Å². The molecule has 116 valence electrons. The molecule has 2 N–H and O–H groups in total. The first-order chi connectivity index (χ1) is 9.95. The molecule has 0 spiro atoms. The smallest absolute Gasteiger partial charge is 0.287 e. The van der Waals surface area contributed by atoms with Gasteiger partial charge in [0.2, 0.25) is 5.91 Å². The molecule has 8 heteroatoms. The van der Waals surface area contributed by atoms with Crippen LogP contribution >= 0.6 is 11.6 Å². The monoisotopic (exact) mass is 314 g/mol. The van der Waals surface area contributed by atoms with Gasteiger partial charge in [0.15, 0.2) is 0 Å². The van der Waals surface area contributed by atoms with Crippen LogP contribution in [0.15, 0.2) is 11.0 Å². The quantitative estimate of drug-likeness (QED) is 0.847. The first-order valence-corrected chi connectivity index (χ1v) is 7.18. The minimum absolute atomic E-state index is 0.00214. The summed E-state index contributed by atoms with van der Waals surface area (Å²) in [6, 6.07) is -0.0486. The molecule has 1 fully saturated rings. The molecule has 1 amide bonds. The number of nitrogens with two attached hydrogens (primary N) is 1. The average molecular weight is 315 g/mol. The molecule has 7 nitrogen and oxygen atoms in total. The lowest BCUT2D eigenvalue weighted by molar-refractivity contribution is -0.174. The highest BCUT2D eigenvalue weighted by molar-refractivity contribution is 6.32. The molecule has 1 aromatic heterocycles. The maximum Gasteiger partial charge on any atom is 0.287 e. The summed E-state index contributed by atoms with van der Waals surface area (Å²) >= 11 is 5.87. The van der Waals surface area contributed by atoms with E-state index in [1.807, 2.05) is 0 Å². The number of amides is 1. The van der Waals surface area contributed by atoms with Crippen LogP contribution in [0.25, 0.3) is 0 Å². The van der Waals surface area contributed by atoms with Crippen LogP contribution in [-0.2, 0) is 9.63 Å². The Morgan fingerprint density at radius 3 is 2.67 bits per heavy atom. The highest BCUT2D eigenvalue weighted by atomic mass is 35.5. The van der Waals surface area contributed by atoms with Crippen molar-refractivity contribution in [3.63, 3.8) is 0 Å². The fourth-order valence-corrected chi connectivity index (χ4v) is 2.77. The van der Waals surface area contributed by atoms with E-state index in [9.17, 15) is 9.59 Å². The summed E-state index contributed by atoms with van der Waals surface area (Å²) < 4.78 is 1.37. The van der Waals surface area contributed by atoms with Gasteiger partial charge in [0.1, 0.15) is 5.02 Å². The van der Waals surface area contributed by atoms with E-state index in [4.69, 9.17) is 22.2 Å². The van der Waals surface area contributed by atoms with Gasteiger partial charge in [0, 0.05) is 13.0 Å². The molecule has 1 aliphatic carbocycles. The topological polar surface area (TPSA) is 90.4 Å². The maximum atomic E-state index is 12.1. The van der Waals surface area contributed by atoms with Crippen molar-refractivity contribution >= 4 is 23.2 Å². The van der Waals surface area contributed by atoms with Crippen LogP contribution in [0, 0.1) is 5.92 Å². The molecule has 0 aromatic carbocycles. The van der Waals surface area contributed by atoms with Crippen LogP contribution in [0.4, 0.5) is 5.69 Å². The number of rotatable bonds is 3. The fourth-order valence-electron chi connectivity index (χ4n) is 2.63. The van der Waals surface area contributed by atoms with E-state index >= 15 is 0 Å². The molecular weight excluding hydrogens is 296 g/mol. The van der Waals surface area contributed by atoms with E-state index in [0.717, 1.165) is 0 Å². The van der Waals surface area contributed by atoms with Crippen molar-refractivity contribution in [2.24, 2.45) is 5.92 Å². The summed E-state index contributed by atoms with van der Waals surface area (Å²) in [6.07, 6.45) is 4.16. The first-order valence-electron chi connectivity index (χ1n) is 6.80. The summed E-state index contributed by atoms with van der Waals surface area (Å²) in [4.78, 5) is 29.0. The minimum atomic E-state index is -0.375. The van der Waals surface area contributed by atoms with Crippen molar-refractivity contribution in [3.05, 3.63) is 21.6 Å². The maximum absolute atomic E-state index is 12.1. The molecule has 2 rings (SSSR count). The van der Waals surface area contributed by atoms with Gasteiger partial charge in [-0.25, -0.2) is 9.75 Å². The molecular formula is C13H19ClN4O3. The van der Waals surface area contributed by atoms with Crippen LogP contribution in [-0.4, -0.2) is 34.9 Å². The number of carbonyl (C=O) groups excluding carboxylic acids is 1. The third kappa shape index (κ3) is 3.19. The van der Waals surface area contributed by atoms with Gasteiger partial charge in [-0.15, -0.1) is 0 Å². The van der Waals surface area contributed by atoms with Crippen molar-refractivity contribution in [2.75, 3.05) is 19.9 Å². The summed E-state index contributed by atoms with van der Waals surface area (Å²) in [5, 5.41) is 5.31. The Balaban J connectivity index is 2.07. The summed E-state index contributed by atoms with van der Waals surface area (Å²) in [5.74, 6) is -0.113. The van der Waals surface area contributed by atoms with Crippen molar-refractivity contribution in [1.29, 1.82) is 0 Å². The van der Waals surface area contributed by atoms with E-state index < -0.39 is 0 Å². The van der Waals surface area contributed by atoms with Crippen LogP contribution in [0.1, 0.15) is 31.7 Å². The van der Waals surface area contributed by atoms with Gasteiger partial charge in [0.05, 0.1) is 25.0 Å². The fraction of sp³-hybridized carbons (Fsp3) is 0.615. The van der Waals surface area contributed by atoms with Crippen molar-refractivity contribution < 1.29 is 9.63 Å². The van der Waals surface area contributed by atoms with Gasteiger partial charge in [-0.1, -0.05) is 11.6 Å². The average Bonchev–Trinajstić information content (AvgIpc) is 2.51. The zero-order chi connectivity index (χ0) is 15.6. The number of aromatic nitrogens is 2. The number of carbonyl (C=O) groups is 1. The Hall–Kier alpha value is -1.60. The molecule has 1 aliphatic rings. The van der Waals surface area contributed by atoms with Gasteiger partial charge in [-0.05, 0) is 25.7 Å². The van der Waals surface area contributed by atoms with Gasteiger partial charge in [-0.3, -0.25) is 14.4 Å². The van der Waals surface area contributed by atoms with Crippen LogP contribution in [0.2, 0.25) is 5.02 Å². The zero-order valence-electron chi connectivity index (χ0n) is 12.1. The number of anilines is 1. The highest BCUT2D eigenvalue weighted by Crippen LogP contribution is 2.32. The van der Waals surface area contributed by atoms with Crippen molar-refractivity contribution in [2.45, 2.75) is 31.7 Å². The van der Waals surface area contributed by atoms with Gasteiger partial charge >= 0.3 is 0 Å². The molecule has 0 radical (unpaired) electrons. The molecule has 1 saturated carbocycles. The molecule has 0 aliphatic heterocycles. The van der Waals surface area contributed by atoms with Gasteiger partial charge in [-0.2, -0.15) is 5.10 Å². The van der Waals surface area contributed by atoms with Crippen molar-refractivity contribution in [3.8, 4) is 0 Å². The second-order valence-corrected chi connectivity index (χ2v) is 5.57. The predicted molar refractivity (Wildman–Crippen MR) is 78.7 cm³/mol. The van der Waals surface area contributed by atoms with E-state index in [1.54, 1.807) is 7.05 Å². The van der Waals surface area contributed by atoms with E-state index in [1.165, 1.54) is 23.1 Å². The largest absolute Gasteiger partial charge is 0.396 e. The standard InChI is InChI=1S/C13H19ClN4O3/c1-17(21-2)12(19)8-3-5-9(6-4-8)18-13(20)11(14)10(15)7-16-18/h7-9H,3-6,15H2,1-2H3.